The zero-order valence-corrected chi connectivity index (χ0v) is 15.5. The Morgan fingerprint density at radius 1 is 1.32 bits per heavy atom. The normalized spacial score (nSPS) is 17.1. The number of hydrogen-bond donors (Lipinski definition) is 1. The fourth-order valence-electron chi connectivity index (χ4n) is 3.54. The van der Waals surface area contributed by atoms with E-state index < -0.39 is 0 Å². The summed E-state index contributed by atoms with van der Waals surface area (Å²) in [7, 11) is 1.93. The smallest absolute Gasteiger partial charge is 0.222 e. The van der Waals surface area contributed by atoms with Gasteiger partial charge in [-0.15, -0.1) is 0 Å². The Morgan fingerprint density at radius 2 is 2.08 bits per heavy atom. The van der Waals surface area contributed by atoms with Gasteiger partial charge >= 0.3 is 0 Å². The van der Waals surface area contributed by atoms with Crippen molar-refractivity contribution in [2.45, 2.75) is 33.1 Å². The van der Waals surface area contributed by atoms with Crippen LogP contribution in [0.1, 0.15) is 29.8 Å². The number of carbonyl (C=O) groups excluding carboxylic acids is 1. The van der Waals surface area contributed by atoms with Gasteiger partial charge in [0.05, 0.1) is 5.69 Å². The van der Waals surface area contributed by atoms with Crippen molar-refractivity contribution in [3.05, 3.63) is 47.3 Å². The first kappa shape index (κ1) is 17.5. The molecule has 1 amide bonds. The van der Waals surface area contributed by atoms with Crippen molar-refractivity contribution in [3.8, 4) is 0 Å². The highest BCUT2D eigenvalue weighted by atomic mass is 16.2. The number of carbonyl (C=O) groups is 1. The van der Waals surface area contributed by atoms with E-state index in [1.807, 2.05) is 24.9 Å². The van der Waals surface area contributed by atoms with Crippen LogP contribution in [0.5, 0.6) is 0 Å². The molecule has 2 heterocycles. The molecule has 1 unspecified atom stereocenters. The molecule has 25 heavy (non-hydrogen) atoms. The number of H-pyrrole nitrogens is 1. The highest BCUT2D eigenvalue weighted by Crippen LogP contribution is 2.24. The minimum Gasteiger partial charge on any atom is -0.371 e. The first-order valence-corrected chi connectivity index (χ1v) is 9.09. The molecule has 5 nitrogen and oxygen atoms in total. The summed E-state index contributed by atoms with van der Waals surface area (Å²) in [6, 6.07) is 10.5. The maximum absolute atomic E-state index is 12.4. The fourth-order valence-corrected chi connectivity index (χ4v) is 3.54. The first-order valence-electron chi connectivity index (χ1n) is 9.09. The Kier molecular flexibility index (Phi) is 5.41. The van der Waals surface area contributed by atoms with E-state index in [1.165, 1.54) is 11.3 Å². The predicted octanol–water partition coefficient (Wildman–Crippen LogP) is 2.94. The van der Waals surface area contributed by atoms with Gasteiger partial charge in [0.1, 0.15) is 0 Å². The molecular weight excluding hydrogens is 312 g/mol. The second-order valence-corrected chi connectivity index (χ2v) is 7.13. The number of nitrogens with zero attached hydrogens (tertiary/aromatic N) is 3. The van der Waals surface area contributed by atoms with Crippen LogP contribution >= 0.6 is 0 Å². The van der Waals surface area contributed by atoms with Crippen LogP contribution in [0.15, 0.2) is 30.3 Å². The molecule has 1 atom stereocenters. The SMILES string of the molecule is Cc1[nH]nc(CCC(=O)N(C)CC2CCN(c3ccccc3)C2)c1C. The zero-order chi connectivity index (χ0) is 17.8. The Bertz CT molecular complexity index is 710. The van der Waals surface area contributed by atoms with Gasteiger partial charge in [0, 0.05) is 50.9 Å². The topological polar surface area (TPSA) is 52.2 Å². The maximum Gasteiger partial charge on any atom is 0.222 e. The van der Waals surface area contributed by atoms with Gasteiger partial charge in [0.25, 0.3) is 0 Å². The summed E-state index contributed by atoms with van der Waals surface area (Å²) >= 11 is 0. The quantitative estimate of drug-likeness (QED) is 0.880. The molecule has 2 aromatic rings. The number of rotatable bonds is 6. The number of para-hydroxylation sites is 1. The van der Waals surface area contributed by atoms with Gasteiger partial charge in [-0.2, -0.15) is 5.10 Å². The van der Waals surface area contributed by atoms with E-state index in [1.54, 1.807) is 0 Å². The summed E-state index contributed by atoms with van der Waals surface area (Å²) in [5.41, 5.74) is 4.55. The summed E-state index contributed by atoms with van der Waals surface area (Å²) in [4.78, 5) is 16.8. The molecule has 1 aromatic carbocycles. The zero-order valence-electron chi connectivity index (χ0n) is 15.5. The molecule has 0 saturated carbocycles. The van der Waals surface area contributed by atoms with Crippen LogP contribution in [-0.4, -0.2) is 47.7 Å². The van der Waals surface area contributed by atoms with Crippen LogP contribution in [0, 0.1) is 19.8 Å². The maximum atomic E-state index is 12.4. The van der Waals surface area contributed by atoms with E-state index in [9.17, 15) is 4.79 Å². The van der Waals surface area contributed by atoms with E-state index in [4.69, 9.17) is 0 Å². The van der Waals surface area contributed by atoms with Crippen LogP contribution in [0.25, 0.3) is 0 Å². The van der Waals surface area contributed by atoms with Crippen LogP contribution in [-0.2, 0) is 11.2 Å². The Morgan fingerprint density at radius 3 is 2.76 bits per heavy atom. The Labute approximate surface area is 150 Å². The molecule has 0 spiro atoms. The molecular formula is C20H28N4O. The minimum absolute atomic E-state index is 0.207. The average molecular weight is 340 g/mol. The van der Waals surface area contributed by atoms with Gasteiger partial charge in [0.2, 0.25) is 5.91 Å². The molecule has 1 fully saturated rings. The predicted molar refractivity (Wildman–Crippen MR) is 101 cm³/mol. The number of amides is 1. The van der Waals surface area contributed by atoms with Gasteiger partial charge < -0.3 is 9.80 Å². The molecule has 3 rings (SSSR count). The molecule has 0 bridgehead atoms. The second-order valence-electron chi connectivity index (χ2n) is 7.13. The van der Waals surface area contributed by atoms with Gasteiger partial charge in [-0.1, -0.05) is 18.2 Å². The van der Waals surface area contributed by atoms with Crippen molar-refractivity contribution in [2.75, 3.05) is 31.6 Å². The molecule has 0 radical (unpaired) electrons. The standard InChI is InChI=1S/C20H28N4O/c1-15-16(2)21-22-19(15)9-10-20(25)23(3)13-17-11-12-24(14-17)18-7-5-4-6-8-18/h4-8,17H,9-14H2,1-3H3,(H,21,22). The van der Waals surface area contributed by atoms with E-state index in [0.29, 0.717) is 18.8 Å². The molecule has 0 aliphatic carbocycles. The molecule has 5 heteroatoms. The molecule has 1 N–H and O–H groups in total. The van der Waals surface area contributed by atoms with Crippen molar-refractivity contribution in [3.63, 3.8) is 0 Å². The minimum atomic E-state index is 0.207. The van der Waals surface area contributed by atoms with Crippen molar-refractivity contribution in [1.82, 2.24) is 15.1 Å². The largest absolute Gasteiger partial charge is 0.371 e. The van der Waals surface area contributed by atoms with Crippen LogP contribution < -0.4 is 4.90 Å². The monoisotopic (exact) mass is 340 g/mol. The van der Waals surface area contributed by atoms with Crippen LogP contribution in [0.4, 0.5) is 5.69 Å². The third-order valence-corrected chi connectivity index (χ3v) is 5.29. The van der Waals surface area contributed by atoms with E-state index in [2.05, 4.69) is 46.3 Å². The van der Waals surface area contributed by atoms with Crippen molar-refractivity contribution in [2.24, 2.45) is 5.92 Å². The van der Waals surface area contributed by atoms with Crippen molar-refractivity contribution < 1.29 is 4.79 Å². The third-order valence-electron chi connectivity index (χ3n) is 5.29. The molecule has 1 aliphatic heterocycles. The van der Waals surface area contributed by atoms with E-state index >= 15 is 0 Å². The van der Waals surface area contributed by atoms with E-state index in [0.717, 1.165) is 37.4 Å². The summed E-state index contributed by atoms with van der Waals surface area (Å²) < 4.78 is 0. The summed E-state index contributed by atoms with van der Waals surface area (Å²) in [6.45, 7) is 7.00. The molecule has 134 valence electrons. The molecule has 1 saturated heterocycles. The van der Waals surface area contributed by atoms with Gasteiger partial charge in [-0.25, -0.2) is 0 Å². The Balaban J connectivity index is 1.46. The lowest BCUT2D eigenvalue weighted by molar-refractivity contribution is -0.130. The van der Waals surface area contributed by atoms with Gasteiger partial charge in [-0.3, -0.25) is 9.89 Å². The molecule has 1 aromatic heterocycles. The second kappa shape index (κ2) is 7.72. The highest BCUT2D eigenvalue weighted by molar-refractivity contribution is 5.76. The lowest BCUT2D eigenvalue weighted by Gasteiger charge is -2.22. The average Bonchev–Trinajstić information content (AvgIpc) is 3.21. The highest BCUT2D eigenvalue weighted by Gasteiger charge is 2.25. The lowest BCUT2D eigenvalue weighted by Crippen LogP contribution is -2.33. The first-order chi connectivity index (χ1) is 12.0. The number of benzene rings is 1. The summed E-state index contributed by atoms with van der Waals surface area (Å²) in [6.07, 6.45) is 2.38. The van der Waals surface area contributed by atoms with Crippen molar-refractivity contribution in [1.29, 1.82) is 0 Å². The Hall–Kier alpha value is -2.30. The van der Waals surface area contributed by atoms with E-state index in [-0.39, 0.29) is 5.91 Å². The number of aromatic amines is 1. The number of aromatic nitrogens is 2. The fraction of sp³-hybridized carbons (Fsp3) is 0.500. The summed E-state index contributed by atoms with van der Waals surface area (Å²) in [5.74, 6) is 0.752. The van der Waals surface area contributed by atoms with Crippen LogP contribution in [0.3, 0.4) is 0 Å². The van der Waals surface area contributed by atoms with Gasteiger partial charge in [-0.05, 0) is 43.9 Å². The number of hydrogen-bond acceptors (Lipinski definition) is 3. The number of aryl methyl sites for hydroxylation is 2. The molecule has 1 aliphatic rings. The van der Waals surface area contributed by atoms with Crippen LogP contribution in [0.2, 0.25) is 0 Å². The third kappa shape index (κ3) is 4.21. The van der Waals surface area contributed by atoms with Gasteiger partial charge in [0.15, 0.2) is 0 Å². The number of anilines is 1. The summed E-state index contributed by atoms with van der Waals surface area (Å²) in [5, 5.41) is 7.28. The van der Waals surface area contributed by atoms with Crippen molar-refractivity contribution >= 4 is 11.6 Å². The number of nitrogens with one attached hydrogen (secondary N) is 1. The lowest BCUT2D eigenvalue weighted by atomic mass is 10.1.